The van der Waals surface area contributed by atoms with Crippen molar-refractivity contribution in [1.29, 1.82) is 0 Å². The molecule has 0 amide bonds. The average molecular weight is 227 g/mol. The maximum absolute atomic E-state index is 10.4. The Morgan fingerprint density at radius 2 is 2.06 bits per heavy atom. The highest BCUT2D eigenvalue weighted by atomic mass is 16.3. The van der Waals surface area contributed by atoms with Crippen molar-refractivity contribution in [2.24, 2.45) is 5.92 Å². The normalized spacial score (nSPS) is 44.8. The van der Waals surface area contributed by atoms with Crippen LogP contribution in [0.1, 0.15) is 51.9 Å². The van der Waals surface area contributed by atoms with E-state index in [0.29, 0.717) is 12.5 Å². The summed E-state index contributed by atoms with van der Waals surface area (Å²) in [4.78, 5) is 0. The minimum absolute atomic E-state index is 0.204. The lowest BCUT2D eigenvalue weighted by Crippen LogP contribution is -2.48. The molecule has 0 spiro atoms. The Morgan fingerprint density at radius 3 is 2.69 bits per heavy atom. The number of nitrogens with one attached hydrogen (secondary N) is 1. The molecule has 0 saturated heterocycles. The van der Waals surface area contributed by atoms with Crippen molar-refractivity contribution in [3.63, 3.8) is 0 Å². The second kappa shape index (κ2) is 5.03. The molecule has 3 nitrogen and oxygen atoms in total. The van der Waals surface area contributed by atoms with Crippen LogP contribution < -0.4 is 5.32 Å². The molecule has 16 heavy (non-hydrogen) atoms. The first-order valence-electron chi connectivity index (χ1n) is 6.73. The van der Waals surface area contributed by atoms with Crippen LogP contribution in [0.2, 0.25) is 0 Å². The first-order valence-corrected chi connectivity index (χ1v) is 6.73. The van der Waals surface area contributed by atoms with E-state index in [-0.39, 0.29) is 12.1 Å². The van der Waals surface area contributed by atoms with Crippen LogP contribution in [0.15, 0.2) is 0 Å². The molecule has 2 saturated carbocycles. The first-order chi connectivity index (χ1) is 7.59. The van der Waals surface area contributed by atoms with Crippen LogP contribution in [0.3, 0.4) is 0 Å². The summed E-state index contributed by atoms with van der Waals surface area (Å²) in [5.41, 5.74) is -0.528. The van der Waals surface area contributed by atoms with Gasteiger partial charge in [-0.05, 0) is 38.0 Å². The van der Waals surface area contributed by atoms with E-state index in [4.69, 9.17) is 0 Å². The van der Waals surface area contributed by atoms with Crippen molar-refractivity contribution in [2.45, 2.75) is 69.6 Å². The number of hydrogen-bond donors (Lipinski definition) is 3. The molecule has 0 bridgehead atoms. The molecule has 0 radical (unpaired) electrons. The Kier molecular flexibility index (Phi) is 3.88. The zero-order chi connectivity index (χ0) is 11.6. The molecular formula is C13H25NO2. The molecule has 2 rings (SSSR count). The maximum atomic E-state index is 10.4. The summed E-state index contributed by atoms with van der Waals surface area (Å²) < 4.78 is 0. The quantitative estimate of drug-likeness (QED) is 0.683. The van der Waals surface area contributed by atoms with Gasteiger partial charge in [0.25, 0.3) is 0 Å². The average Bonchev–Trinajstić information content (AvgIpc) is 2.61. The van der Waals surface area contributed by atoms with Crippen LogP contribution in [-0.4, -0.2) is 34.5 Å². The van der Waals surface area contributed by atoms with E-state index in [1.807, 2.05) is 0 Å². The van der Waals surface area contributed by atoms with Gasteiger partial charge in [0.2, 0.25) is 0 Å². The van der Waals surface area contributed by atoms with Crippen LogP contribution in [0.4, 0.5) is 0 Å². The summed E-state index contributed by atoms with van der Waals surface area (Å²) in [5.74, 6) is 0.633. The second-order valence-corrected chi connectivity index (χ2v) is 5.91. The van der Waals surface area contributed by atoms with Crippen molar-refractivity contribution in [2.75, 3.05) is 6.54 Å². The Bertz CT molecular complexity index is 234. The lowest BCUT2D eigenvalue weighted by molar-refractivity contribution is -0.0165. The lowest BCUT2D eigenvalue weighted by Gasteiger charge is -2.36. The van der Waals surface area contributed by atoms with Crippen molar-refractivity contribution >= 4 is 0 Å². The van der Waals surface area contributed by atoms with E-state index in [2.05, 4.69) is 12.2 Å². The largest absolute Gasteiger partial charge is 0.392 e. The van der Waals surface area contributed by atoms with Gasteiger partial charge < -0.3 is 15.5 Å². The molecule has 0 aromatic heterocycles. The maximum Gasteiger partial charge on any atom is 0.0774 e. The standard InChI is InChI=1S/C13H25NO2/c1-10-4-3-7-13(16,8-10)9-14-11-5-2-6-12(11)15/h10-12,14-16H,2-9H2,1H3/t10?,11-,12-,13?/m0/s1. The SMILES string of the molecule is CC1CCCC(O)(CN[C@H]2CCC[C@@H]2O)C1. The van der Waals surface area contributed by atoms with Crippen molar-refractivity contribution in [3.8, 4) is 0 Å². The summed E-state index contributed by atoms with van der Waals surface area (Å²) in [6.45, 7) is 2.87. The first kappa shape index (κ1) is 12.3. The Hall–Kier alpha value is -0.120. The van der Waals surface area contributed by atoms with Gasteiger partial charge in [-0.25, -0.2) is 0 Å². The third-order valence-electron chi connectivity index (χ3n) is 4.24. The highest BCUT2D eigenvalue weighted by molar-refractivity contribution is 4.90. The van der Waals surface area contributed by atoms with Crippen LogP contribution in [0.5, 0.6) is 0 Å². The van der Waals surface area contributed by atoms with E-state index in [9.17, 15) is 10.2 Å². The second-order valence-electron chi connectivity index (χ2n) is 5.91. The van der Waals surface area contributed by atoms with Gasteiger partial charge in [-0.1, -0.05) is 19.8 Å². The Balaban J connectivity index is 1.79. The zero-order valence-corrected chi connectivity index (χ0v) is 10.3. The van der Waals surface area contributed by atoms with Gasteiger partial charge in [0, 0.05) is 12.6 Å². The molecule has 0 aromatic carbocycles. The van der Waals surface area contributed by atoms with Crippen LogP contribution in [0.25, 0.3) is 0 Å². The molecule has 0 aliphatic heterocycles. The Morgan fingerprint density at radius 1 is 1.25 bits per heavy atom. The van der Waals surface area contributed by atoms with E-state index >= 15 is 0 Å². The van der Waals surface area contributed by atoms with Gasteiger partial charge in [0.15, 0.2) is 0 Å². The van der Waals surface area contributed by atoms with E-state index in [1.165, 1.54) is 6.42 Å². The monoisotopic (exact) mass is 227 g/mol. The van der Waals surface area contributed by atoms with Crippen molar-refractivity contribution in [1.82, 2.24) is 5.32 Å². The third-order valence-corrected chi connectivity index (χ3v) is 4.24. The number of rotatable bonds is 3. The van der Waals surface area contributed by atoms with E-state index in [0.717, 1.165) is 38.5 Å². The molecule has 2 aliphatic carbocycles. The van der Waals surface area contributed by atoms with Gasteiger partial charge in [-0.3, -0.25) is 0 Å². The molecule has 0 heterocycles. The van der Waals surface area contributed by atoms with Gasteiger partial charge in [0.05, 0.1) is 11.7 Å². The highest BCUT2D eigenvalue weighted by Gasteiger charge is 2.34. The summed E-state index contributed by atoms with van der Waals surface area (Å²) in [6.07, 6.45) is 7.05. The van der Waals surface area contributed by atoms with Crippen LogP contribution >= 0.6 is 0 Å². The predicted molar refractivity (Wildman–Crippen MR) is 64.2 cm³/mol. The molecular weight excluding hydrogens is 202 g/mol. The molecule has 2 fully saturated rings. The fraction of sp³-hybridized carbons (Fsp3) is 1.00. The Labute approximate surface area is 98.2 Å². The van der Waals surface area contributed by atoms with Crippen molar-refractivity contribution in [3.05, 3.63) is 0 Å². The summed E-state index contributed by atoms with van der Waals surface area (Å²) in [5, 5.41) is 23.5. The fourth-order valence-corrected chi connectivity index (χ4v) is 3.29. The fourth-order valence-electron chi connectivity index (χ4n) is 3.29. The van der Waals surface area contributed by atoms with E-state index < -0.39 is 5.60 Å². The van der Waals surface area contributed by atoms with Crippen molar-refractivity contribution < 1.29 is 10.2 Å². The molecule has 0 aromatic rings. The topological polar surface area (TPSA) is 52.5 Å². The minimum Gasteiger partial charge on any atom is -0.392 e. The van der Waals surface area contributed by atoms with Crippen LogP contribution in [-0.2, 0) is 0 Å². The van der Waals surface area contributed by atoms with Gasteiger partial charge >= 0.3 is 0 Å². The summed E-state index contributed by atoms with van der Waals surface area (Å²) in [6, 6.07) is 0.209. The zero-order valence-electron chi connectivity index (χ0n) is 10.3. The smallest absolute Gasteiger partial charge is 0.0774 e. The molecule has 3 N–H and O–H groups in total. The summed E-state index contributed by atoms with van der Waals surface area (Å²) in [7, 11) is 0. The molecule has 2 aliphatic rings. The number of aliphatic hydroxyl groups is 2. The van der Waals surface area contributed by atoms with Gasteiger partial charge in [-0.2, -0.15) is 0 Å². The number of hydrogen-bond acceptors (Lipinski definition) is 3. The van der Waals surface area contributed by atoms with E-state index in [1.54, 1.807) is 0 Å². The lowest BCUT2D eigenvalue weighted by atomic mass is 9.79. The molecule has 3 heteroatoms. The van der Waals surface area contributed by atoms with Gasteiger partial charge in [0.1, 0.15) is 0 Å². The third kappa shape index (κ3) is 2.96. The summed E-state index contributed by atoms with van der Waals surface area (Å²) >= 11 is 0. The number of aliphatic hydroxyl groups excluding tert-OH is 1. The minimum atomic E-state index is -0.528. The highest BCUT2D eigenvalue weighted by Crippen LogP contribution is 2.32. The van der Waals surface area contributed by atoms with Gasteiger partial charge in [-0.15, -0.1) is 0 Å². The predicted octanol–water partition coefficient (Wildman–Crippen LogP) is 1.43. The van der Waals surface area contributed by atoms with Crippen LogP contribution in [0, 0.1) is 5.92 Å². The molecule has 4 atom stereocenters. The molecule has 94 valence electrons. The molecule has 2 unspecified atom stereocenters.